The minimum Gasteiger partial charge on any atom is -0.465 e. The van der Waals surface area contributed by atoms with Crippen LogP contribution in [0.4, 0.5) is 4.39 Å². The van der Waals surface area contributed by atoms with Gasteiger partial charge in [-0.25, -0.2) is 9.18 Å². The topological polar surface area (TPSA) is 74.6 Å². The third kappa shape index (κ3) is 5.83. The second-order valence-corrected chi connectivity index (χ2v) is 8.71. The number of carbonyl (C=O) groups is 2. The van der Waals surface area contributed by atoms with Crippen molar-refractivity contribution in [3.8, 4) is 11.5 Å². The number of nitrogens with zero attached hydrogens (tertiary/aromatic N) is 1. The van der Waals surface area contributed by atoms with E-state index in [1.54, 1.807) is 37.4 Å². The number of carbonyl (C=O) groups excluding carboxylic acids is 2. The Labute approximate surface area is 213 Å². The molecule has 0 bridgehead atoms. The lowest BCUT2D eigenvalue weighted by atomic mass is 9.83. The molecule has 0 fully saturated rings. The summed E-state index contributed by atoms with van der Waals surface area (Å²) in [6.07, 6.45) is 1.51. The van der Waals surface area contributed by atoms with E-state index in [0.717, 1.165) is 11.1 Å². The quantitative estimate of drug-likeness (QED) is 0.226. The number of hydrogen-bond acceptors (Lipinski definition) is 5. The van der Waals surface area contributed by atoms with E-state index < -0.39 is 17.7 Å². The van der Waals surface area contributed by atoms with Crippen molar-refractivity contribution in [1.82, 2.24) is 4.57 Å². The first-order chi connectivity index (χ1) is 17.8. The lowest BCUT2D eigenvalue weighted by molar-refractivity contribution is 0.0600. The van der Waals surface area contributed by atoms with Gasteiger partial charge in [-0.05, 0) is 53.9 Å². The first-order valence-corrected chi connectivity index (χ1v) is 11.7. The molecule has 0 saturated heterocycles. The number of aromatic nitrogens is 1. The van der Waals surface area contributed by atoms with Crippen LogP contribution in [0.1, 0.15) is 49.7 Å². The minimum atomic E-state index is -0.553. The van der Waals surface area contributed by atoms with Crippen molar-refractivity contribution in [2.24, 2.45) is 7.05 Å². The van der Waals surface area contributed by atoms with Gasteiger partial charge in [0.15, 0.2) is 5.78 Å². The number of pyridine rings is 1. The molecule has 188 valence electrons. The molecule has 0 N–H and O–H groups in total. The average Bonchev–Trinajstić information content (AvgIpc) is 2.89. The molecule has 6 nitrogen and oxygen atoms in total. The van der Waals surface area contributed by atoms with Crippen LogP contribution in [0, 0.1) is 12.7 Å². The summed E-state index contributed by atoms with van der Waals surface area (Å²) in [5.74, 6) is -1.18. The van der Waals surface area contributed by atoms with Crippen LogP contribution in [-0.4, -0.2) is 23.4 Å². The Morgan fingerprint density at radius 1 is 0.892 bits per heavy atom. The van der Waals surface area contributed by atoms with Crippen molar-refractivity contribution >= 4 is 11.8 Å². The summed E-state index contributed by atoms with van der Waals surface area (Å²) in [5, 5.41) is 0. The highest BCUT2D eigenvalue weighted by Gasteiger charge is 2.24. The molecule has 7 heteroatoms. The van der Waals surface area contributed by atoms with Crippen LogP contribution < -0.4 is 10.3 Å². The summed E-state index contributed by atoms with van der Waals surface area (Å²) in [7, 11) is 2.87. The fraction of sp³-hybridized carbons (Fsp3) is 0.167. The Kier molecular flexibility index (Phi) is 7.63. The largest absolute Gasteiger partial charge is 0.465 e. The third-order valence-corrected chi connectivity index (χ3v) is 6.20. The molecule has 1 heterocycles. The van der Waals surface area contributed by atoms with Gasteiger partial charge in [-0.3, -0.25) is 9.59 Å². The van der Waals surface area contributed by atoms with E-state index in [0.29, 0.717) is 22.4 Å². The van der Waals surface area contributed by atoms with Gasteiger partial charge in [0.25, 0.3) is 0 Å². The highest BCUT2D eigenvalue weighted by molar-refractivity contribution is 5.96. The summed E-state index contributed by atoms with van der Waals surface area (Å²) >= 11 is 0. The molecule has 3 aromatic carbocycles. The summed E-state index contributed by atoms with van der Waals surface area (Å²) in [4.78, 5) is 36.8. The first-order valence-electron chi connectivity index (χ1n) is 11.7. The zero-order chi connectivity index (χ0) is 26.5. The number of halogens is 1. The number of ketones is 1. The minimum absolute atomic E-state index is 0.0152. The lowest BCUT2D eigenvalue weighted by Crippen LogP contribution is -2.18. The van der Waals surface area contributed by atoms with E-state index in [4.69, 9.17) is 9.47 Å². The molecule has 4 rings (SSSR count). The lowest BCUT2D eigenvalue weighted by Gasteiger charge is -2.21. The Morgan fingerprint density at radius 3 is 2.35 bits per heavy atom. The smallest absolute Gasteiger partial charge is 0.337 e. The predicted octanol–water partition coefficient (Wildman–Crippen LogP) is 5.82. The van der Waals surface area contributed by atoms with E-state index in [9.17, 15) is 14.4 Å². The van der Waals surface area contributed by atoms with Crippen molar-refractivity contribution in [2.75, 3.05) is 7.11 Å². The second kappa shape index (κ2) is 11.0. The van der Waals surface area contributed by atoms with E-state index in [-0.39, 0.29) is 23.5 Å². The molecule has 37 heavy (non-hydrogen) atoms. The number of Topliss-reactive ketones (excluding diaryl/α,β-unsaturated/α-hetero) is 1. The van der Waals surface area contributed by atoms with Crippen LogP contribution in [0.15, 0.2) is 89.9 Å². The molecule has 0 aliphatic carbocycles. The SMILES string of the molecule is COC(=O)c1cccc(Oc2ccc(C(CC(=O)c3ccc(=O)n(C)c3)c3ccccc3C)c(F)c2)c1. The fourth-order valence-electron chi connectivity index (χ4n) is 4.22. The molecule has 0 amide bonds. The maximum Gasteiger partial charge on any atom is 0.337 e. The maximum atomic E-state index is 15.5. The summed E-state index contributed by atoms with van der Waals surface area (Å²) in [6.45, 7) is 1.92. The molecule has 0 aliphatic rings. The third-order valence-electron chi connectivity index (χ3n) is 6.20. The highest BCUT2D eigenvalue weighted by Crippen LogP contribution is 2.35. The van der Waals surface area contributed by atoms with Gasteiger partial charge in [0.2, 0.25) is 5.56 Å². The van der Waals surface area contributed by atoms with Crippen molar-refractivity contribution in [2.45, 2.75) is 19.3 Å². The van der Waals surface area contributed by atoms with Gasteiger partial charge < -0.3 is 14.0 Å². The normalized spacial score (nSPS) is 11.6. The Balaban J connectivity index is 1.66. The van der Waals surface area contributed by atoms with Gasteiger partial charge >= 0.3 is 5.97 Å². The van der Waals surface area contributed by atoms with Crippen molar-refractivity contribution in [3.63, 3.8) is 0 Å². The van der Waals surface area contributed by atoms with Gasteiger partial charge in [-0.2, -0.15) is 0 Å². The Morgan fingerprint density at radius 2 is 1.65 bits per heavy atom. The van der Waals surface area contributed by atoms with E-state index >= 15 is 4.39 Å². The maximum absolute atomic E-state index is 15.5. The number of benzene rings is 3. The summed E-state index contributed by atoms with van der Waals surface area (Å²) in [5.41, 5.74) is 2.59. The van der Waals surface area contributed by atoms with Gasteiger partial charge in [0.05, 0.1) is 12.7 Å². The molecule has 0 aliphatic heterocycles. The summed E-state index contributed by atoms with van der Waals surface area (Å²) in [6, 6.07) is 21.3. The number of ether oxygens (including phenoxy) is 2. The van der Waals surface area contributed by atoms with Crippen LogP contribution in [0.3, 0.4) is 0 Å². The van der Waals surface area contributed by atoms with Crippen LogP contribution in [0.5, 0.6) is 11.5 Å². The van der Waals surface area contributed by atoms with Gasteiger partial charge in [-0.1, -0.05) is 36.4 Å². The van der Waals surface area contributed by atoms with Crippen LogP contribution in [-0.2, 0) is 11.8 Å². The van der Waals surface area contributed by atoms with Gasteiger partial charge in [0.1, 0.15) is 17.3 Å². The van der Waals surface area contributed by atoms with Crippen LogP contribution >= 0.6 is 0 Å². The Bertz CT molecular complexity index is 1520. The van der Waals surface area contributed by atoms with Crippen molar-refractivity contribution in [1.29, 1.82) is 0 Å². The molecule has 1 atom stereocenters. The molecule has 4 aromatic rings. The van der Waals surface area contributed by atoms with Crippen LogP contribution in [0.25, 0.3) is 0 Å². The number of methoxy groups -OCH3 is 1. The molecular weight excluding hydrogens is 473 g/mol. The van der Waals surface area contributed by atoms with Gasteiger partial charge in [-0.15, -0.1) is 0 Å². The molecule has 0 saturated carbocycles. The molecular formula is C30H26FNO5. The van der Waals surface area contributed by atoms with E-state index in [1.807, 2.05) is 31.2 Å². The van der Waals surface area contributed by atoms with Crippen molar-refractivity contribution < 1.29 is 23.5 Å². The zero-order valence-electron chi connectivity index (χ0n) is 20.7. The molecule has 1 aromatic heterocycles. The average molecular weight is 500 g/mol. The molecule has 0 radical (unpaired) electrons. The number of aryl methyl sites for hydroxylation is 2. The number of esters is 1. The zero-order valence-corrected chi connectivity index (χ0v) is 20.7. The first kappa shape index (κ1) is 25.6. The van der Waals surface area contributed by atoms with E-state index in [1.165, 1.54) is 42.1 Å². The number of rotatable bonds is 8. The standard InChI is InChI=1S/C30H26FNO5/c1-19-7-4-5-10-24(19)26(17-28(33)21-11-14-29(34)32(2)18-21)25-13-12-23(16-27(25)31)37-22-9-6-8-20(15-22)30(35)36-3/h4-16,18,26H,17H2,1-3H3. The summed E-state index contributed by atoms with van der Waals surface area (Å²) < 4.78 is 27.4. The monoisotopic (exact) mass is 499 g/mol. The second-order valence-electron chi connectivity index (χ2n) is 8.71. The molecule has 0 spiro atoms. The highest BCUT2D eigenvalue weighted by atomic mass is 19.1. The molecule has 1 unspecified atom stereocenters. The predicted molar refractivity (Wildman–Crippen MR) is 138 cm³/mol. The van der Waals surface area contributed by atoms with Crippen molar-refractivity contribution in [3.05, 3.63) is 129 Å². The Hall–Kier alpha value is -4.52. The van der Waals surface area contributed by atoms with Gasteiger partial charge in [0, 0.05) is 43.3 Å². The fourth-order valence-corrected chi connectivity index (χ4v) is 4.22. The van der Waals surface area contributed by atoms with E-state index in [2.05, 4.69) is 0 Å². The number of hydrogen-bond donors (Lipinski definition) is 0. The van der Waals surface area contributed by atoms with Crippen LogP contribution in [0.2, 0.25) is 0 Å².